The van der Waals surface area contributed by atoms with Gasteiger partial charge in [0.05, 0.1) is 11.9 Å². The van der Waals surface area contributed by atoms with Crippen LogP contribution in [-0.2, 0) is 26.8 Å². The highest BCUT2D eigenvalue weighted by Crippen LogP contribution is 2.25. The van der Waals surface area contributed by atoms with Gasteiger partial charge >= 0.3 is 0 Å². The molecule has 5 nitrogen and oxygen atoms in total. The van der Waals surface area contributed by atoms with Gasteiger partial charge in [-0.3, -0.25) is 9.10 Å². The van der Waals surface area contributed by atoms with Gasteiger partial charge in [0.2, 0.25) is 15.9 Å². The second-order valence-electron chi connectivity index (χ2n) is 7.43. The number of hydrogen-bond acceptors (Lipinski definition) is 3. The topological polar surface area (TPSA) is 66.5 Å². The maximum absolute atomic E-state index is 12.3. The van der Waals surface area contributed by atoms with Gasteiger partial charge in [-0.05, 0) is 34.7 Å². The molecule has 0 aliphatic rings. The average molecular weight is 409 g/mol. The summed E-state index contributed by atoms with van der Waals surface area (Å²) in [5.41, 5.74) is 2.27. The van der Waals surface area contributed by atoms with Gasteiger partial charge in [-0.1, -0.05) is 62.7 Å². The van der Waals surface area contributed by atoms with Crippen LogP contribution < -0.4 is 9.62 Å². The van der Waals surface area contributed by atoms with Crippen molar-refractivity contribution in [2.45, 2.75) is 32.7 Å². The van der Waals surface area contributed by atoms with Crippen LogP contribution in [0.5, 0.6) is 0 Å². The summed E-state index contributed by atoms with van der Waals surface area (Å²) in [6.07, 6.45) is 1.09. The molecule has 1 amide bonds. The Morgan fingerprint density at radius 3 is 2.19 bits per heavy atom. The van der Waals surface area contributed by atoms with E-state index in [-0.39, 0.29) is 18.5 Å². The third-order valence-electron chi connectivity index (χ3n) is 4.14. The maximum Gasteiger partial charge on any atom is 0.241 e. The number of sulfonamides is 1. The van der Waals surface area contributed by atoms with E-state index in [1.54, 1.807) is 24.3 Å². The number of hydrogen-bond donors (Lipinski definition) is 1. The predicted octanol–water partition coefficient (Wildman–Crippen LogP) is 3.72. The van der Waals surface area contributed by atoms with Crippen LogP contribution in [0.4, 0.5) is 5.69 Å². The fraction of sp³-hybridized carbons (Fsp3) is 0.350. The van der Waals surface area contributed by atoms with Crippen LogP contribution >= 0.6 is 11.6 Å². The van der Waals surface area contributed by atoms with Gasteiger partial charge in [-0.15, -0.1) is 0 Å². The smallest absolute Gasteiger partial charge is 0.241 e. The minimum Gasteiger partial charge on any atom is -0.350 e. The largest absolute Gasteiger partial charge is 0.350 e. The lowest BCUT2D eigenvalue weighted by atomic mass is 9.87. The van der Waals surface area contributed by atoms with E-state index in [0.29, 0.717) is 10.7 Å². The summed E-state index contributed by atoms with van der Waals surface area (Å²) in [4.78, 5) is 12.3. The number of halogens is 1. The number of nitrogens with zero attached hydrogens (tertiary/aromatic N) is 1. The summed E-state index contributed by atoms with van der Waals surface area (Å²) in [6.45, 7) is 6.19. The van der Waals surface area contributed by atoms with Crippen molar-refractivity contribution in [1.82, 2.24) is 5.32 Å². The van der Waals surface area contributed by atoms with E-state index in [4.69, 9.17) is 11.6 Å². The third kappa shape index (κ3) is 5.97. The molecule has 0 bridgehead atoms. The van der Waals surface area contributed by atoms with Gasteiger partial charge in [0, 0.05) is 11.6 Å². The highest BCUT2D eigenvalue weighted by Gasteiger charge is 2.22. The number of anilines is 1. The fourth-order valence-electron chi connectivity index (χ4n) is 2.55. The first-order chi connectivity index (χ1) is 12.5. The van der Waals surface area contributed by atoms with Crippen molar-refractivity contribution in [2.24, 2.45) is 0 Å². The van der Waals surface area contributed by atoms with E-state index in [0.717, 1.165) is 21.7 Å². The first-order valence-corrected chi connectivity index (χ1v) is 10.8. The normalized spacial score (nSPS) is 11.9. The van der Waals surface area contributed by atoms with Crippen molar-refractivity contribution >= 4 is 33.2 Å². The molecule has 7 heteroatoms. The van der Waals surface area contributed by atoms with Gasteiger partial charge in [0.25, 0.3) is 0 Å². The highest BCUT2D eigenvalue weighted by molar-refractivity contribution is 7.92. The zero-order valence-electron chi connectivity index (χ0n) is 16.0. The van der Waals surface area contributed by atoms with Gasteiger partial charge in [0.15, 0.2) is 0 Å². The van der Waals surface area contributed by atoms with E-state index in [1.807, 2.05) is 24.3 Å². The van der Waals surface area contributed by atoms with E-state index in [1.165, 1.54) is 0 Å². The van der Waals surface area contributed by atoms with Crippen molar-refractivity contribution in [3.63, 3.8) is 0 Å². The molecule has 0 aliphatic heterocycles. The number of amides is 1. The number of carbonyl (C=O) groups is 1. The van der Waals surface area contributed by atoms with E-state index in [2.05, 4.69) is 26.1 Å². The molecule has 0 saturated carbocycles. The number of benzene rings is 2. The lowest BCUT2D eigenvalue weighted by Gasteiger charge is -2.24. The second kappa shape index (κ2) is 8.31. The van der Waals surface area contributed by atoms with E-state index in [9.17, 15) is 13.2 Å². The van der Waals surface area contributed by atoms with Gasteiger partial charge in [0.1, 0.15) is 6.54 Å². The summed E-state index contributed by atoms with van der Waals surface area (Å²) in [5.74, 6) is -0.403. The Morgan fingerprint density at radius 2 is 1.67 bits per heavy atom. The van der Waals surface area contributed by atoms with Gasteiger partial charge in [-0.2, -0.15) is 0 Å². The molecular weight excluding hydrogens is 384 g/mol. The minimum absolute atomic E-state index is 0.0409. The van der Waals surface area contributed by atoms with Crippen LogP contribution in [0.15, 0.2) is 48.5 Å². The van der Waals surface area contributed by atoms with Crippen LogP contribution in [-0.4, -0.2) is 27.1 Å². The molecule has 0 radical (unpaired) electrons. The first-order valence-electron chi connectivity index (χ1n) is 8.57. The lowest BCUT2D eigenvalue weighted by molar-refractivity contribution is -0.119. The summed E-state index contributed by atoms with van der Waals surface area (Å²) in [5, 5.41) is 3.27. The fourth-order valence-corrected chi connectivity index (χ4v) is 3.61. The minimum atomic E-state index is -3.61. The van der Waals surface area contributed by atoms with Gasteiger partial charge in [-0.25, -0.2) is 8.42 Å². The Labute approximate surface area is 166 Å². The highest BCUT2D eigenvalue weighted by atomic mass is 35.5. The van der Waals surface area contributed by atoms with Crippen molar-refractivity contribution in [3.05, 3.63) is 64.7 Å². The number of carbonyl (C=O) groups excluding carboxylic acids is 1. The molecule has 146 valence electrons. The molecule has 0 fully saturated rings. The molecule has 2 aromatic rings. The molecule has 27 heavy (non-hydrogen) atoms. The Hall–Kier alpha value is -2.05. The molecule has 0 aromatic heterocycles. The Balaban J connectivity index is 2.13. The SMILES string of the molecule is CC(C)(C)c1ccc(N(CC(=O)NCc2ccccc2Cl)S(C)(=O)=O)cc1. The summed E-state index contributed by atoms with van der Waals surface area (Å²) >= 11 is 6.08. The zero-order valence-corrected chi connectivity index (χ0v) is 17.6. The van der Waals surface area contributed by atoms with Crippen molar-refractivity contribution in [3.8, 4) is 0 Å². The van der Waals surface area contributed by atoms with Crippen LogP contribution in [0.2, 0.25) is 5.02 Å². The molecule has 2 aromatic carbocycles. The first kappa shape index (κ1) is 21.3. The lowest BCUT2D eigenvalue weighted by Crippen LogP contribution is -2.40. The molecular formula is C20H25ClN2O3S. The Kier molecular flexibility index (Phi) is 6.54. The number of rotatable bonds is 6. The third-order valence-corrected chi connectivity index (χ3v) is 5.65. The monoisotopic (exact) mass is 408 g/mol. The van der Waals surface area contributed by atoms with Crippen LogP contribution in [0.1, 0.15) is 31.9 Å². The quantitative estimate of drug-likeness (QED) is 0.792. The molecule has 2 rings (SSSR count). The molecule has 0 spiro atoms. The van der Waals surface area contributed by atoms with Crippen LogP contribution in [0.3, 0.4) is 0 Å². The van der Waals surface area contributed by atoms with Crippen molar-refractivity contribution in [2.75, 3.05) is 17.1 Å². The Bertz CT molecular complexity index is 904. The van der Waals surface area contributed by atoms with Crippen LogP contribution in [0, 0.1) is 0 Å². The van der Waals surface area contributed by atoms with Crippen LogP contribution in [0.25, 0.3) is 0 Å². The molecule has 0 unspecified atom stereocenters. The molecule has 0 saturated heterocycles. The zero-order chi connectivity index (χ0) is 20.2. The summed E-state index contributed by atoms with van der Waals surface area (Å²) in [6, 6.07) is 14.4. The standard InChI is InChI=1S/C20H25ClN2O3S/c1-20(2,3)16-9-11-17(12-10-16)23(27(4,25)26)14-19(24)22-13-15-7-5-6-8-18(15)21/h5-12H,13-14H2,1-4H3,(H,22,24). The second-order valence-corrected chi connectivity index (χ2v) is 9.75. The molecule has 0 atom stereocenters. The molecule has 1 N–H and O–H groups in total. The van der Waals surface area contributed by atoms with E-state index >= 15 is 0 Å². The Morgan fingerprint density at radius 1 is 1.07 bits per heavy atom. The van der Waals surface area contributed by atoms with Crippen molar-refractivity contribution in [1.29, 1.82) is 0 Å². The average Bonchev–Trinajstić information content (AvgIpc) is 2.57. The summed E-state index contributed by atoms with van der Waals surface area (Å²) in [7, 11) is -3.61. The van der Waals surface area contributed by atoms with Gasteiger partial charge < -0.3 is 5.32 Å². The van der Waals surface area contributed by atoms with E-state index < -0.39 is 15.9 Å². The molecule has 0 aliphatic carbocycles. The number of nitrogens with one attached hydrogen (secondary N) is 1. The molecule has 0 heterocycles. The summed E-state index contributed by atoms with van der Waals surface area (Å²) < 4.78 is 25.5. The van der Waals surface area contributed by atoms with Crippen molar-refractivity contribution < 1.29 is 13.2 Å². The predicted molar refractivity (Wildman–Crippen MR) is 111 cm³/mol. The maximum atomic E-state index is 12.3.